The van der Waals surface area contributed by atoms with Gasteiger partial charge < -0.3 is 14.1 Å². The molecule has 0 aliphatic heterocycles. The third-order valence-corrected chi connectivity index (χ3v) is 6.86. The highest BCUT2D eigenvalue weighted by Crippen LogP contribution is 2.37. The molecule has 176 valence electrons. The van der Waals surface area contributed by atoms with Crippen molar-refractivity contribution in [3.8, 4) is 11.4 Å². The average Bonchev–Trinajstić information content (AvgIpc) is 3.54. The molecule has 2 N–H and O–H groups in total. The number of para-hydroxylation sites is 2. The van der Waals surface area contributed by atoms with Gasteiger partial charge >= 0.3 is 0 Å². The molecule has 5 heteroatoms. The highest BCUT2D eigenvalue weighted by Gasteiger charge is 2.16. The summed E-state index contributed by atoms with van der Waals surface area (Å²) >= 11 is 0. The Labute approximate surface area is 213 Å². The summed E-state index contributed by atoms with van der Waals surface area (Å²) in [5.41, 5.74) is 7.12. The molecule has 7 aromatic rings. The van der Waals surface area contributed by atoms with Crippen LogP contribution in [0.2, 0.25) is 0 Å². The van der Waals surface area contributed by atoms with Crippen molar-refractivity contribution in [3.63, 3.8) is 0 Å². The number of hydrogen-bond donors (Lipinski definition) is 2. The summed E-state index contributed by atoms with van der Waals surface area (Å²) in [4.78, 5) is 7.47. The number of nitrogens with zero attached hydrogens (tertiary/aromatic N) is 3. The molecule has 0 bridgehead atoms. The number of rotatable bonds is 3. The Kier molecular flexibility index (Phi) is 4.86. The van der Waals surface area contributed by atoms with E-state index < -0.39 is 0 Å². The maximum Gasteiger partial charge on any atom is 0.154 e. The Morgan fingerprint density at radius 3 is 2.22 bits per heavy atom. The molecule has 0 spiro atoms. The number of amidine groups is 1. The fourth-order valence-corrected chi connectivity index (χ4v) is 5.16. The first-order chi connectivity index (χ1) is 18.3. The predicted octanol–water partition coefficient (Wildman–Crippen LogP) is 6.98. The Hall–Kier alpha value is -5.16. The van der Waals surface area contributed by atoms with E-state index in [0.717, 1.165) is 22.5 Å². The predicted molar refractivity (Wildman–Crippen MR) is 151 cm³/mol. The first-order valence-electron chi connectivity index (χ1n) is 12.2. The molecule has 4 aromatic carbocycles. The number of aromatic nitrogens is 3. The van der Waals surface area contributed by atoms with Gasteiger partial charge in [0, 0.05) is 45.5 Å². The van der Waals surface area contributed by atoms with Crippen molar-refractivity contribution in [2.75, 3.05) is 0 Å². The molecule has 0 aliphatic rings. The van der Waals surface area contributed by atoms with Crippen LogP contribution in [-0.2, 0) is 0 Å². The lowest BCUT2D eigenvalue weighted by atomic mass is 10.1. The van der Waals surface area contributed by atoms with E-state index in [0.29, 0.717) is 5.49 Å². The van der Waals surface area contributed by atoms with Crippen molar-refractivity contribution in [1.82, 2.24) is 14.1 Å². The van der Waals surface area contributed by atoms with Gasteiger partial charge in [-0.25, -0.2) is 4.99 Å². The van der Waals surface area contributed by atoms with E-state index in [-0.39, 0.29) is 5.84 Å². The molecule has 0 radical (unpaired) electrons. The summed E-state index contributed by atoms with van der Waals surface area (Å²) in [5.74, 6) is 0.221. The molecule has 0 saturated carbocycles. The minimum absolute atomic E-state index is 0.221. The second-order valence-electron chi connectivity index (χ2n) is 9.02. The Morgan fingerprint density at radius 1 is 0.622 bits per heavy atom. The van der Waals surface area contributed by atoms with Gasteiger partial charge in [0.1, 0.15) is 5.49 Å². The van der Waals surface area contributed by atoms with Crippen LogP contribution in [-0.4, -0.2) is 20.0 Å². The van der Waals surface area contributed by atoms with Gasteiger partial charge in [-0.1, -0.05) is 48.5 Å². The van der Waals surface area contributed by atoms with Gasteiger partial charge in [0.15, 0.2) is 5.84 Å². The van der Waals surface area contributed by atoms with E-state index in [1.165, 1.54) is 27.2 Å². The number of aromatic amines is 1. The van der Waals surface area contributed by atoms with Crippen LogP contribution in [0.3, 0.4) is 0 Å². The molecule has 0 atom stereocenters. The summed E-state index contributed by atoms with van der Waals surface area (Å²) < 4.78 is 4.57. The Bertz CT molecular complexity index is 1970. The van der Waals surface area contributed by atoms with Gasteiger partial charge in [-0.15, -0.1) is 0 Å². The monoisotopic (exact) mass is 477 g/mol. The topological polar surface area (TPSA) is 61.9 Å². The van der Waals surface area contributed by atoms with Gasteiger partial charge in [-0.2, -0.15) is 0 Å². The lowest BCUT2D eigenvalue weighted by Gasteiger charge is -2.10. The second-order valence-corrected chi connectivity index (χ2v) is 9.02. The number of pyridine rings is 1. The zero-order valence-electron chi connectivity index (χ0n) is 20.0. The number of fused-ring (bicyclic) bond motifs is 5. The normalized spacial score (nSPS) is 12.1. The number of benzene rings is 4. The fraction of sp³-hybridized carbons (Fsp3) is 0. The third-order valence-electron chi connectivity index (χ3n) is 6.86. The fourth-order valence-electron chi connectivity index (χ4n) is 5.16. The summed E-state index contributed by atoms with van der Waals surface area (Å²) in [6.07, 6.45) is 3.96. The van der Waals surface area contributed by atoms with Gasteiger partial charge in [-0.3, -0.25) is 5.41 Å². The van der Waals surface area contributed by atoms with Crippen LogP contribution in [0, 0.1) is 5.41 Å². The van der Waals surface area contributed by atoms with E-state index >= 15 is 0 Å². The first-order valence-corrected chi connectivity index (χ1v) is 12.2. The van der Waals surface area contributed by atoms with E-state index in [9.17, 15) is 0 Å². The smallest absolute Gasteiger partial charge is 0.154 e. The zero-order chi connectivity index (χ0) is 24.8. The van der Waals surface area contributed by atoms with E-state index in [1.807, 2.05) is 42.6 Å². The Morgan fingerprint density at radius 2 is 1.41 bits per heavy atom. The highest BCUT2D eigenvalue weighted by molar-refractivity contribution is 6.18. The Balaban J connectivity index is 1.42. The molecular weight excluding hydrogens is 454 g/mol. The van der Waals surface area contributed by atoms with E-state index in [1.54, 1.807) is 0 Å². The molecule has 3 heterocycles. The van der Waals surface area contributed by atoms with Gasteiger partial charge in [0.25, 0.3) is 0 Å². The third kappa shape index (κ3) is 3.48. The van der Waals surface area contributed by atoms with Crippen molar-refractivity contribution in [1.29, 1.82) is 5.41 Å². The molecule has 0 fully saturated rings. The molecule has 0 unspecified atom stereocenters. The summed E-state index contributed by atoms with van der Waals surface area (Å²) in [5, 5.41) is 12.1. The molecule has 37 heavy (non-hydrogen) atoms. The van der Waals surface area contributed by atoms with Crippen molar-refractivity contribution >= 4 is 38.5 Å². The average molecular weight is 478 g/mol. The van der Waals surface area contributed by atoms with Gasteiger partial charge in [0.05, 0.1) is 16.6 Å². The van der Waals surface area contributed by atoms with Crippen LogP contribution in [0.5, 0.6) is 0 Å². The molecule has 0 aliphatic carbocycles. The van der Waals surface area contributed by atoms with Crippen molar-refractivity contribution < 1.29 is 0 Å². The zero-order valence-corrected chi connectivity index (χ0v) is 20.0. The van der Waals surface area contributed by atoms with Crippen molar-refractivity contribution in [3.05, 3.63) is 139 Å². The van der Waals surface area contributed by atoms with Crippen LogP contribution in [0.4, 0.5) is 0 Å². The van der Waals surface area contributed by atoms with E-state index in [2.05, 4.69) is 104 Å². The highest BCUT2D eigenvalue weighted by atomic mass is 15.0. The number of nitrogens with one attached hydrogen (secondary N) is 2. The summed E-state index contributed by atoms with van der Waals surface area (Å²) in [7, 11) is 0. The number of hydrogen-bond acceptors (Lipinski definition) is 1. The minimum atomic E-state index is 0.221. The summed E-state index contributed by atoms with van der Waals surface area (Å²) in [6, 6.07) is 39.4. The lowest BCUT2D eigenvalue weighted by Crippen LogP contribution is -2.09. The lowest BCUT2D eigenvalue weighted by molar-refractivity contribution is 1.13. The molecule has 5 nitrogen and oxygen atoms in total. The maximum atomic E-state index is 8.47. The largest absolute Gasteiger partial charge is 0.347 e. The first kappa shape index (κ1) is 21.1. The van der Waals surface area contributed by atoms with E-state index in [4.69, 9.17) is 5.41 Å². The van der Waals surface area contributed by atoms with Crippen LogP contribution < -0.4 is 5.49 Å². The van der Waals surface area contributed by atoms with Crippen LogP contribution in [0.15, 0.2) is 133 Å². The summed E-state index contributed by atoms with van der Waals surface area (Å²) in [6.45, 7) is 0. The van der Waals surface area contributed by atoms with Crippen LogP contribution >= 0.6 is 0 Å². The second kappa shape index (κ2) is 8.50. The number of H-pyrrole nitrogens is 1. The quantitative estimate of drug-likeness (QED) is 0.204. The molecule has 0 saturated heterocycles. The molecule has 0 amide bonds. The van der Waals surface area contributed by atoms with Gasteiger partial charge in [0.2, 0.25) is 0 Å². The van der Waals surface area contributed by atoms with Crippen molar-refractivity contribution in [2.24, 2.45) is 4.99 Å². The minimum Gasteiger partial charge on any atom is -0.347 e. The van der Waals surface area contributed by atoms with Crippen molar-refractivity contribution in [2.45, 2.75) is 0 Å². The molecular formula is C32H23N5. The maximum absolute atomic E-state index is 8.47. The standard InChI is InChI=1S/C32H23N5/c33-32(35-30-12-6-7-20-34-30)22-13-15-24(16-14-22)37-29-11-5-4-10-25(29)26-17-18-28-27(31(26)37)19-21-36(28)23-8-2-1-3-9-23/h1-21H,(H2,33,34,35). The SMILES string of the molecule is N=C(N=c1cccc[nH]1)c1ccc(-n2c3ccccc3c3ccc4c(ccn4-c4ccccc4)c32)cc1. The molecule has 7 rings (SSSR count). The van der Waals surface area contributed by atoms with Gasteiger partial charge in [-0.05, 0) is 66.7 Å². The molecule has 3 aromatic heterocycles. The van der Waals surface area contributed by atoms with Crippen LogP contribution in [0.1, 0.15) is 5.56 Å². The van der Waals surface area contributed by atoms with Crippen LogP contribution in [0.25, 0.3) is 44.1 Å².